The lowest BCUT2D eigenvalue weighted by Crippen LogP contribution is -2.31. The van der Waals surface area contributed by atoms with Crippen LogP contribution in [0.25, 0.3) is 0 Å². The lowest BCUT2D eigenvalue weighted by Gasteiger charge is -2.06. The topological polar surface area (TPSA) is 64.6 Å². The fourth-order valence-corrected chi connectivity index (χ4v) is 1.25. The fraction of sp³-hybridized carbons (Fsp3) is 0.200. The predicted octanol–water partition coefficient (Wildman–Crippen LogP) is 3.18. The summed E-state index contributed by atoms with van der Waals surface area (Å²) in [5.74, 6) is 0. The normalized spacial score (nSPS) is 10.7. The Hall–Kier alpha value is -2.56. The number of carbonyl (C=O) groups is 2. The van der Waals surface area contributed by atoms with Crippen molar-refractivity contribution in [2.24, 2.45) is 0 Å². The molecule has 0 saturated heterocycles. The highest BCUT2D eigenvalue weighted by Crippen LogP contribution is 2.00. The summed E-state index contributed by atoms with van der Waals surface area (Å²) in [6, 6.07) is 9.17. The number of rotatable bonds is 5. The van der Waals surface area contributed by atoms with E-state index in [0.717, 1.165) is 5.56 Å². The molecule has 0 aliphatic rings. The monoisotopic (exact) mass is 275 g/mol. The first-order valence-corrected chi connectivity index (χ1v) is 6.14. The molecule has 2 amide bonds. The highest BCUT2D eigenvalue weighted by molar-refractivity contribution is 5.87. The van der Waals surface area contributed by atoms with Crippen molar-refractivity contribution in [3.63, 3.8) is 0 Å². The van der Waals surface area contributed by atoms with Crippen LogP contribution in [0.1, 0.15) is 12.5 Å². The minimum atomic E-state index is -0.840. The molecule has 5 heteroatoms. The van der Waals surface area contributed by atoms with Gasteiger partial charge in [-0.05, 0) is 18.6 Å². The van der Waals surface area contributed by atoms with Crippen molar-refractivity contribution in [2.75, 3.05) is 6.61 Å². The summed E-state index contributed by atoms with van der Waals surface area (Å²) in [5, 5.41) is 1.97. The minimum Gasteiger partial charge on any atom is -0.445 e. The van der Waals surface area contributed by atoms with Gasteiger partial charge in [0, 0.05) is 0 Å². The number of allylic oxidation sites excluding steroid dienone is 3. The molecule has 1 rings (SSSR count). The van der Waals surface area contributed by atoms with Crippen LogP contribution in [0.4, 0.5) is 9.59 Å². The number of alkyl carbamates (subject to hydrolysis) is 2. The number of benzene rings is 1. The van der Waals surface area contributed by atoms with E-state index in [0.29, 0.717) is 0 Å². The van der Waals surface area contributed by atoms with Gasteiger partial charge in [0.05, 0.1) is 0 Å². The average molecular weight is 275 g/mol. The minimum absolute atomic E-state index is 0.0855. The van der Waals surface area contributed by atoms with Crippen LogP contribution >= 0.6 is 0 Å². The van der Waals surface area contributed by atoms with Gasteiger partial charge in [0.1, 0.15) is 13.2 Å². The molecule has 0 saturated carbocycles. The lowest BCUT2D eigenvalue weighted by molar-refractivity contribution is 0.125. The molecule has 0 radical (unpaired) electrons. The second kappa shape index (κ2) is 9.38. The van der Waals surface area contributed by atoms with Gasteiger partial charge in [-0.2, -0.15) is 0 Å². The van der Waals surface area contributed by atoms with E-state index in [2.05, 4.69) is 0 Å². The molecule has 0 spiro atoms. The van der Waals surface area contributed by atoms with Crippen LogP contribution in [-0.2, 0) is 16.1 Å². The van der Waals surface area contributed by atoms with E-state index >= 15 is 0 Å². The highest BCUT2D eigenvalue weighted by atomic mass is 16.6. The SMILES string of the molecule is C/C=C/C=C/COC(=O)NC(=O)OCc1ccccc1. The predicted molar refractivity (Wildman–Crippen MR) is 75.1 cm³/mol. The third-order valence-corrected chi connectivity index (χ3v) is 2.17. The maximum Gasteiger partial charge on any atom is 0.416 e. The Morgan fingerprint density at radius 2 is 1.80 bits per heavy atom. The molecular formula is C15H17NO4. The van der Waals surface area contributed by atoms with Crippen LogP contribution < -0.4 is 5.32 Å². The Bertz CT molecular complexity index is 480. The summed E-state index contributed by atoms with van der Waals surface area (Å²) in [5.41, 5.74) is 0.838. The first-order valence-electron chi connectivity index (χ1n) is 6.14. The van der Waals surface area contributed by atoms with Gasteiger partial charge >= 0.3 is 12.2 Å². The van der Waals surface area contributed by atoms with Crippen LogP contribution in [0, 0.1) is 0 Å². The molecule has 5 nitrogen and oxygen atoms in total. The molecule has 20 heavy (non-hydrogen) atoms. The molecule has 1 aromatic rings. The van der Waals surface area contributed by atoms with Gasteiger partial charge in [0.15, 0.2) is 0 Å². The van der Waals surface area contributed by atoms with Crippen molar-refractivity contribution in [3.8, 4) is 0 Å². The number of nitrogens with one attached hydrogen (secondary N) is 1. The smallest absolute Gasteiger partial charge is 0.416 e. The third kappa shape index (κ3) is 7.00. The molecule has 0 heterocycles. The maximum atomic E-state index is 11.3. The number of amides is 2. The second-order valence-electron chi connectivity index (χ2n) is 3.74. The van der Waals surface area contributed by atoms with E-state index in [1.165, 1.54) is 0 Å². The second-order valence-corrected chi connectivity index (χ2v) is 3.74. The van der Waals surface area contributed by atoms with Crippen molar-refractivity contribution < 1.29 is 19.1 Å². The van der Waals surface area contributed by atoms with Crippen molar-refractivity contribution in [2.45, 2.75) is 13.5 Å². The van der Waals surface area contributed by atoms with Crippen molar-refractivity contribution in [1.82, 2.24) is 5.32 Å². The summed E-state index contributed by atoms with van der Waals surface area (Å²) >= 11 is 0. The summed E-state index contributed by atoms with van der Waals surface area (Å²) < 4.78 is 9.60. The van der Waals surface area contributed by atoms with E-state index in [-0.39, 0.29) is 13.2 Å². The summed E-state index contributed by atoms with van der Waals surface area (Å²) in [4.78, 5) is 22.5. The molecule has 0 unspecified atom stereocenters. The first-order chi connectivity index (χ1) is 9.72. The molecule has 0 aromatic heterocycles. The van der Waals surface area contributed by atoms with E-state index in [4.69, 9.17) is 9.47 Å². The molecule has 0 atom stereocenters. The van der Waals surface area contributed by atoms with Gasteiger partial charge < -0.3 is 9.47 Å². The van der Waals surface area contributed by atoms with Gasteiger partial charge in [-0.1, -0.05) is 48.6 Å². The van der Waals surface area contributed by atoms with E-state index in [1.807, 2.05) is 48.6 Å². The highest BCUT2D eigenvalue weighted by Gasteiger charge is 2.08. The molecular weight excluding hydrogens is 258 g/mol. The Labute approximate surface area is 117 Å². The van der Waals surface area contributed by atoms with Crippen molar-refractivity contribution >= 4 is 12.2 Å². The molecule has 0 bridgehead atoms. The maximum absolute atomic E-state index is 11.3. The van der Waals surface area contributed by atoms with Crippen LogP contribution in [0.5, 0.6) is 0 Å². The third-order valence-electron chi connectivity index (χ3n) is 2.17. The molecule has 0 aliphatic carbocycles. The Balaban J connectivity index is 2.20. The van der Waals surface area contributed by atoms with Gasteiger partial charge in [0.2, 0.25) is 0 Å². The Morgan fingerprint density at radius 3 is 2.50 bits per heavy atom. The zero-order chi connectivity index (χ0) is 14.6. The van der Waals surface area contributed by atoms with Crippen LogP contribution in [0.2, 0.25) is 0 Å². The van der Waals surface area contributed by atoms with Gasteiger partial charge in [-0.25, -0.2) is 14.9 Å². The zero-order valence-corrected chi connectivity index (χ0v) is 11.2. The number of carbonyl (C=O) groups excluding carboxylic acids is 2. The number of hydrogen-bond donors (Lipinski definition) is 1. The van der Waals surface area contributed by atoms with Crippen LogP contribution in [0.15, 0.2) is 54.6 Å². The van der Waals surface area contributed by atoms with Gasteiger partial charge in [-0.3, -0.25) is 0 Å². The first kappa shape index (κ1) is 15.5. The van der Waals surface area contributed by atoms with E-state index in [1.54, 1.807) is 18.2 Å². The van der Waals surface area contributed by atoms with E-state index in [9.17, 15) is 9.59 Å². The molecule has 0 fully saturated rings. The van der Waals surface area contributed by atoms with Crippen LogP contribution in [0.3, 0.4) is 0 Å². The number of hydrogen-bond acceptors (Lipinski definition) is 4. The molecule has 106 valence electrons. The average Bonchev–Trinajstić information content (AvgIpc) is 2.46. The Morgan fingerprint density at radius 1 is 1.10 bits per heavy atom. The van der Waals surface area contributed by atoms with E-state index < -0.39 is 12.2 Å². The largest absolute Gasteiger partial charge is 0.445 e. The Kier molecular flexibility index (Phi) is 7.27. The van der Waals surface area contributed by atoms with Gasteiger partial charge in [0.25, 0.3) is 0 Å². The summed E-state index contributed by atoms with van der Waals surface area (Å²) in [7, 11) is 0. The molecule has 0 aliphatic heterocycles. The molecule has 1 N–H and O–H groups in total. The van der Waals surface area contributed by atoms with Crippen molar-refractivity contribution in [3.05, 3.63) is 60.2 Å². The lowest BCUT2D eigenvalue weighted by atomic mass is 10.2. The van der Waals surface area contributed by atoms with Crippen LogP contribution in [-0.4, -0.2) is 18.8 Å². The fourth-order valence-electron chi connectivity index (χ4n) is 1.25. The number of ether oxygens (including phenoxy) is 2. The zero-order valence-electron chi connectivity index (χ0n) is 11.2. The summed E-state index contributed by atoms with van der Waals surface area (Å²) in [6.07, 6.45) is 5.35. The quantitative estimate of drug-likeness (QED) is 0.838. The van der Waals surface area contributed by atoms with Gasteiger partial charge in [-0.15, -0.1) is 0 Å². The number of imide groups is 1. The molecule has 1 aromatic carbocycles. The van der Waals surface area contributed by atoms with Crippen molar-refractivity contribution in [1.29, 1.82) is 0 Å². The summed E-state index contributed by atoms with van der Waals surface area (Å²) in [6.45, 7) is 2.06. The standard InChI is InChI=1S/C15H17NO4/c1-2-3-4-8-11-19-14(17)16-15(18)20-12-13-9-6-5-7-10-13/h2-10H,11-12H2,1H3,(H,16,17,18)/b3-2+,8-4+.